The maximum atomic E-state index is 11.9. The maximum absolute atomic E-state index is 11.9. The molecule has 3 nitrogen and oxygen atoms in total. The fourth-order valence-electron chi connectivity index (χ4n) is 2.43. The summed E-state index contributed by atoms with van der Waals surface area (Å²) in [6.45, 7) is 2.18. The van der Waals surface area contributed by atoms with Crippen molar-refractivity contribution in [3.63, 3.8) is 0 Å². The van der Waals surface area contributed by atoms with E-state index in [2.05, 4.69) is 4.90 Å². The van der Waals surface area contributed by atoms with E-state index in [4.69, 9.17) is 0 Å². The molecule has 1 aromatic carbocycles. The molecule has 3 rings (SSSR count). The van der Waals surface area contributed by atoms with E-state index in [9.17, 15) is 4.79 Å². The second-order valence-corrected chi connectivity index (χ2v) is 4.63. The maximum Gasteiger partial charge on any atom is 0.255 e. The predicted molar refractivity (Wildman–Crippen MR) is 73.5 cm³/mol. The van der Waals surface area contributed by atoms with Crippen LogP contribution >= 0.6 is 0 Å². The van der Waals surface area contributed by atoms with Crippen molar-refractivity contribution in [2.45, 2.75) is 12.8 Å². The van der Waals surface area contributed by atoms with Gasteiger partial charge in [0.1, 0.15) is 0 Å². The number of anilines is 1. The highest BCUT2D eigenvalue weighted by atomic mass is 16.1. The van der Waals surface area contributed by atoms with Gasteiger partial charge in [0.2, 0.25) is 0 Å². The molecule has 0 unspecified atom stereocenters. The first-order valence-electron chi connectivity index (χ1n) is 6.38. The fraction of sp³-hybridized carbons (Fsp3) is 0.267. The average molecular weight is 240 g/mol. The number of para-hydroxylation sites is 1. The van der Waals surface area contributed by atoms with Gasteiger partial charge in [0, 0.05) is 31.0 Å². The van der Waals surface area contributed by atoms with Crippen molar-refractivity contribution in [2.75, 3.05) is 18.0 Å². The highest BCUT2D eigenvalue weighted by Crippen LogP contribution is 2.19. The van der Waals surface area contributed by atoms with Crippen molar-refractivity contribution in [1.82, 2.24) is 4.57 Å². The summed E-state index contributed by atoms with van der Waals surface area (Å²) in [7, 11) is 0. The topological polar surface area (TPSA) is 25.2 Å². The van der Waals surface area contributed by atoms with Crippen molar-refractivity contribution in [3.8, 4) is 5.69 Å². The molecule has 1 aromatic heterocycles. The Labute approximate surface area is 106 Å². The van der Waals surface area contributed by atoms with Crippen molar-refractivity contribution in [1.29, 1.82) is 0 Å². The standard InChI is InChI=1S/C15H16N2O/c18-15-9-8-14(16-10-4-5-11-16)12-17(15)13-6-2-1-3-7-13/h1-3,6-9,12H,4-5,10-11H2. The number of rotatable bonds is 2. The van der Waals surface area contributed by atoms with Gasteiger partial charge in [-0.15, -0.1) is 0 Å². The Morgan fingerprint density at radius 2 is 1.56 bits per heavy atom. The lowest BCUT2D eigenvalue weighted by atomic mass is 10.3. The normalized spacial score (nSPS) is 15.0. The Hall–Kier alpha value is -2.03. The number of aromatic nitrogens is 1. The number of hydrogen-bond donors (Lipinski definition) is 0. The third-order valence-corrected chi connectivity index (χ3v) is 3.40. The summed E-state index contributed by atoms with van der Waals surface area (Å²) in [6, 6.07) is 13.3. The average Bonchev–Trinajstić information content (AvgIpc) is 2.94. The van der Waals surface area contributed by atoms with Gasteiger partial charge in [-0.1, -0.05) is 18.2 Å². The fourth-order valence-corrected chi connectivity index (χ4v) is 2.43. The third kappa shape index (κ3) is 2.04. The van der Waals surface area contributed by atoms with E-state index >= 15 is 0 Å². The van der Waals surface area contributed by atoms with Crippen LogP contribution in [0, 0.1) is 0 Å². The molecular formula is C15H16N2O. The van der Waals surface area contributed by atoms with Crippen molar-refractivity contribution in [2.24, 2.45) is 0 Å². The molecule has 92 valence electrons. The molecular weight excluding hydrogens is 224 g/mol. The zero-order chi connectivity index (χ0) is 12.4. The number of benzene rings is 1. The van der Waals surface area contributed by atoms with Crippen LogP contribution in [0.1, 0.15) is 12.8 Å². The molecule has 0 bridgehead atoms. The molecule has 0 spiro atoms. The van der Waals surface area contributed by atoms with Gasteiger partial charge in [-0.25, -0.2) is 0 Å². The van der Waals surface area contributed by atoms with Crippen LogP contribution in [0.4, 0.5) is 5.69 Å². The molecule has 0 saturated carbocycles. The smallest absolute Gasteiger partial charge is 0.255 e. The second-order valence-electron chi connectivity index (χ2n) is 4.63. The summed E-state index contributed by atoms with van der Waals surface area (Å²) in [5.74, 6) is 0. The molecule has 1 saturated heterocycles. The third-order valence-electron chi connectivity index (χ3n) is 3.40. The summed E-state index contributed by atoms with van der Waals surface area (Å²) in [5.41, 5.74) is 2.07. The highest BCUT2D eigenvalue weighted by molar-refractivity contribution is 5.47. The van der Waals surface area contributed by atoms with E-state index in [1.807, 2.05) is 42.6 Å². The molecule has 0 atom stereocenters. The van der Waals surface area contributed by atoms with Gasteiger partial charge in [-0.3, -0.25) is 9.36 Å². The summed E-state index contributed by atoms with van der Waals surface area (Å²) >= 11 is 0. The van der Waals surface area contributed by atoms with Gasteiger partial charge < -0.3 is 4.90 Å². The van der Waals surface area contributed by atoms with E-state index in [-0.39, 0.29) is 5.56 Å². The molecule has 0 amide bonds. The van der Waals surface area contributed by atoms with Gasteiger partial charge >= 0.3 is 0 Å². The minimum atomic E-state index is 0.0177. The lowest BCUT2D eigenvalue weighted by molar-refractivity contribution is 0.924. The van der Waals surface area contributed by atoms with Crippen LogP contribution in [0.15, 0.2) is 53.5 Å². The predicted octanol–water partition coefficient (Wildman–Crippen LogP) is 2.44. The van der Waals surface area contributed by atoms with Gasteiger partial charge in [0.05, 0.1) is 5.69 Å². The van der Waals surface area contributed by atoms with Crippen molar-refractivity contribution in [3.05, 3.63) is 59.0 Å². The van der Waals surface area contributed by atoms with Crippen molar-refractivity contribution < 1.29 is 0 Å². The zero-order valence-corrected chi connectivity index (χ0v) is 10.2. The molecule has 1 fully saturated rings. The van der Waals surface area contributed by atoms with Crippen molar-refractivity contribution >= 4 is 5.69 Å². The first-order chi connectivity index (χ1) is 8.84. The van der Waals surface area contributed by atoms with E-state index in [0.29, 0.717) is 0 Å². The Kier molecular flexibility index (Phi) is 2.89. The Morgan fingerprint density at radius 3 is 2.28 bits per heavy atom. The lowest BCUT2D eigenvalue weighted by Crippen LogP contribution is -2.22. The van der Waals surface area contributed by atoms with E-state index < -0.39 is 0 Å². The molecule has 0 aliphatic carbocycles. The van der Waals surface area contributed by atoms with E-state index in [0.717, 1.165) is 24.5 Å². The molecule has 2 aromatic rings. The van der Waals surface area contributed by atoms with E-state index in [1.54, 1.807) is 10.6 Å². The molecule has 0 radical (unpaired) electrons. The number of hydrogen-bond acceptors (Lipinski definition) is 2. The monoisotopic (exact) mass is 240 g/mol. The molecule has 3 heteroatoms. The number of nitrogens with zero attached hydrogens (tertiary/aromatic N) is 2. The largest absolute Gasteiger partial charge is 0.370 e. The second kappa shape index (κ2) is 4.69. The van der Waals surface area contributed by atoms with Crippen LogP contribution in [-0.2, 0) is 0 Å². The van der Waals surface area contributed by atoms with Gasteiger partial charge in [-0.05, 0) is 31.0 Å². The Bertz CT molecular complexity index is 583. The molecule has 2 heterocycles. The number of pyridine rings is 1. The van der Waals surface area contributed by atoms with Crippen LogP contribution in [-0.4, -0.2) is 17.7 Å². The van der Waals surface area contributed by atoms with Crippen LogP contribution in [0.25, 0.3) is 5.69 Å². The summed E-state index contributed by atoms with van der Waals surface area (Å²) in [4.78, 5) is 14.3. The van der Waals surface area contributed by atoms with Gasteiger partial charge in [0.15, 0.2) is 0 Å². The first kappa shape index (κ1) is 11.1. The SMILES string of the molecule is O=c1ccc(N2CCCC2)cn1-c1ccccc1. The minimum absolute atomic E-state index is 0.0177. The Morgan fingerprint density at radius 1 is 0.833 bits per heavy atom. The van der Waals surface area contributed by atoms with Crippen LogP contribution in [0.2, 0.25) is 0 Å². The molecule has 1 aliphatic rings. The molecule has 1 aliphatic heterocycles. The van der Waals surface area contributed by atoms with Crippen LogP contribution in [0.5, 0.6) is 0 Å². The quantitative estimate of drug-likeness (QED) is 0.805. The summed E-state index contributed by atoms with van der Waals surface area (Å²) in [6.07, 6.45) is 4.43. The highest BCUT2D eigenvalue weighted by Gasteiger charge is 2.13. The minimum Gasteiger partial charge on any atom is -0.370 e. The lowest BCUT2D eigenvalue weighted by Gasteiger charge is -2.18. The van der Waals surface area contributed by atoms with Gasteiger partial charge in [0.25, 0.3) is 5.56 Å². The Balaban J connectivity index is 2.04. The molecule has 0 N–H and O–H groups in total. The summed E-state index contributed by atoms with van der Waals surface area (Å²) in [5, 5.41) is 0. The van der Waals surface area contributed by atoms with Crippen LogP contribution in [0.3, 0.4) is 0 Å². The van der Waals surface area contributed by atoms with Crippen LogP contribution < -0.4 is 10.5 Å². The van der Waals surface area contributed by atoms with Gasteiger partial charge in [-0.2, -0.15) is 0 Å². The first-order valence-corrected chi connectivity index (χ1v) is 6.38. The van der Waals surface area contributed by atoms with E-state index in [1.165, 1.54) is 12.8 Å². The summed E-state index contributed by atoms with van der Waals surface area (Å²) < 4.78 is 1.72. The zero-order valence-electron chi connectivity index (χ0n) is 10.2. The molecule has 18 heavy (non-hydrogen) atoms.